The van der Waals surface area contributed by atoms with Gasteiger partial charge in [-0.15, -0.1) is 0 Å². The van der Waals surface area contributed by atoms with Gasteiger partial charge in [-0.25, -0.2) is 4.98 Å². The average Bonchev–Trinajstić information content (AvgIpc) is 3.40. The summed E-state index contributed by atoms with van der Waals surface area (Å²) in [7, 11) is 3.81. The first-order valence-electron chi connectivity index (χ1n) is 9.58. The number of carbonyl (C=O) groups excluding carboxylic acids is 1. The summed E-state index contributed by atoms with van der Waals surface area (Å²) in [5, 5.41) is 0. The molecule has 29 heavy (non-hydrogen) atoms. The highest BCUT2D eigenvalue weighted by atomic mass is 16.5. The third-order valence-corrected chi connectivity index (χ3v) is 4.90. The van der Waals surface area contributed by atoms with Crippen molar-refractivity contribution < 1.29 is 9.53 Å². The van der Waals surface area contributed by atoms with Crippen molar-refractivity contribution in [2.75, 3.05) is 32.1 Å². The Labute approximate surface area is 169 Å². The van der Waals surface area contributed by atoms with Gasteiger partial charge in [-0.3, -0.25) is 9.78 Å². The number of ether oxygens (including phenoxy) is 1. The van der Waals surface area contributed by atoms with Crippen molar-refractivity contribution in [3.05, 3.63) is 66.5 Å². The predicted octanol–water partition coefficient (Wildman–Crippen LogP) is 2.08. The Bertz CT molecular complexity index is 956. The number of amides is 1. The molecular weight excluding hydrogens is 368 g/mol. The van der Waals surface area contributed by atoms with Crippen LogP contribution in [0.4, 0.5) is 5.82 Å². The highest BCUT2D eigenvalue weighted by molar-refractivity contribution is 5.94. The van der Waals surface area contributed by atoms with Gasteiger partial charge >= 0.3 is 0 Å². The van der Waals surface area contributed by atoms with Crippen molar-refractivity contribution in [2.24, 2.45) is 0 Å². The average molecular weight is 392 g/mol. The Morgan fingerprint density at radius 2 is 2.03 bits per heavy atom. The Hall–Kier alpha value is -3.42. The van der Waals surface area contributed by atoms with Crippen molar-refractivity contribution in [2.45, 2.75) is 19.1 Å². The SMILES string of the molecule is CN(C)c1cncc(O[C@@H]2CCN(C(=O)c3ccc(Cn4ccnc4)cc3)C2)n1. The van der Waals surface area contributed by atoms with Gasteiger partial charge in [-0.2, -0.15) is 4.98 Å². The minimum absolute atomic E-state index is 0.0263. The Kier molecular flexibility index (Phi) is 5.41. The monoisotopic (exact) mass is 392 g/mol. The molecule has 1 fully saturated rings. The van der Waals surface area contributed by atoms with Crippen LogP contribution in [0.1, 0.15) is 22.3 Å². The number of nitrogens with zero attached hydrogens (tertiary/aromatic N) is 6. The fourth-order valence-corrected chi connectivity index (χ4v) is 3.32. The van der Waals surface area contributed by atoms with Crippen LogP contribution in [0.5, 0.6) is 5.88 Å². The molecule has 0 radical (unpaired) electrons. The van der Waals surface area contributed by atoms with E-state index in [1.54, 1.807) is 24.9 Å². The number of likely N-dealkylation sites (tertiary alicyclic amines) is 1. The van der Waals surface area contributed by atoms with Gasteiger partial charge in [0.25, 0.3) is 5.91 Å². The number of carbonyl (C=O) groups is 1. The summed E-state index contributed by atoms with van der Waals surface area (Å²) in [5.74, 6) is 1.25. The van der Waals surface area contributed by atoms with Crippen molar-refractivity contribution in [3.63, 3.8) is 0 Å². The highest BCUT2D eigenvalue weighted by Crippen LogP contribution is 2.20. The van der Waals surface area contributed by atoms with Gasteiger partial charge in [-0.05, 0) is 17.7 Å². The van der Waals surface area contributed by atoms with Crippen LogP contribution in [0.15, 0.2) is 55.4 Å². The predicted molar refractivity (Wildman–Crippen MR) is 109 cm³/mol. The maximum Gasteiger partial charge on any atom is 0.253 e. The van der Waals surface area contributed by atoms with E-state index in [2.05, 4.69) is 15.0 Å². The third kappa shape index (κ3) is 4.53. The maximum atomic E-state index is 12.8. The van der Waals surface area contributed by atoms with Crippen LogP contribution in [0.2, 0.25) is 0 Å². The lowest BCUT2D eigenvalue weighted by Crippen LogP contribution is -2.31. The molecule has 1 atom stereocenters. The normalized spacial score (nSPS) is 16.1. The summed E-state index contributed by atoms with van der Waals surface area (Å²) in [6, 6.07) is 7.74. The molecule has 8 nitrogen and oxygen atoms in total. The van der Waals surface area contributed by atoms with E-state index < -0.39 is 0 Å². The van der Waals surface area contributed by atoms with Gasteiger partial charge in [0.2, 0.25) is 5.88 Å². The van der Waals surface area contributed by atoms with Gasteiger partial charge in [-0.1, -0.05) is 12.1 Å². The molecule has 1 aromatic carbocycles. The van der Waals surface area contributed by atoms with Gasteiger partial charge in [0.15, 0.2) is 5.82 Å². The molecule has 4 rings (SSSR count). The first-order chi connectivity index (χ1) is 14.1. The third-order valence-electron chi connectivity index (χ3n) is 4.90. The zero-order valence-corrected chi connectivity index (χ0v) is 16.6. The van der Waals surface area contributed by atoms with E-state index in [9.17, 15) is 4.79 Å². The van der Waals surface area contributed by atoms with Gasteiger partial charge in [0.05, 0.1) is 25.3 Å². The molecule has 1 aliphatic heterocycles. The molecule has 1 saturated heterocycles. The number of hydrogen-bond acceptors (Lipinski definition) is 6. The number of aromatic nitrogens is 4. The molecule has 0 aliphatic carbocycles. The summed E-state index contributed by atoms with van der Waals surface area (Å²) in [4.78, 5) is 29.2. The van der Waals surface area contributed by atoms with Crippen molar-refractivity contribution in [3.8, 4) is 5.88 Å². The summed E-state index contributed by atoms with van der Waals surface area (Å²) < 4.78 is 7.95. The molecule has 0 N–H and O–H groups in total. The van der Waals surface area contributed by atoms with Crippen molar-refractivity contribution in [1.29, 1.82) is 0 Å². The molecule has 3 aromatic rings. The number of imidazole rings is 1. The smallest absolute Gasteiger partial charge is 0.253 e. The molecule has 0 saturated carbocycles. The topological polar surface area (TPSA) is 76.4 Å². The van der Waals surface area contributed by atoms with Crippen LogP contribution in [-0.4, -0.2) is 63.6 Å². The number of anilines is 1. The summed E-state index contributed by atoms with van der Waals surface area (Å²) >= 11 is 0. The lowest BCUT2D eigenvalue weighted by molar-refractivity contribution is 0.0771. The first-order valence-corrected chi connectivity index (χ1v) is 9.58. The molecule has 1 aliphatic rings. The van der Waals surface area contributed by atoms with E-state index in [1.807, 2.05) is 58.9 Å². The lowest BCUT2D eigenvalue weighted by Gasteiger charge is -2.18. The molecule has 3 heterocycles. The second-order valence-corrected chi connectivity index (χ2v) is 7.32. The summed E-state index contributed by atoms with van der Waals surface area (Å²) in [6.07, 6.45) is 9.45. The summed E-state index contributed by atoms with van der Waals surface area (Å²) in [5.41, 5.74) is 1.82. The minimum atomic E-state index is -0.0776. The molecule has 8 heteroatoms. The van der Waals surface area contributed by atoms with Crippen molar-refractivity contribution in [1.82, 2.24) is 24.4 Å². The fourth-order valence-electron chi connectivity index (χ4n) is 3.32. The van der Waals surface area contributed by atoms with Crippen LogP contribution in [-0.2, 0) is 6.54 Å². The van der Waals surface area contributed by atoms with Crippen molar-refractivity contribution >= 4 is 11.7 Å². The van der Waals surface area contributed by atoms with E-state index in [-0.39, 0.29) is 12.0 Å². The number of benzene rings is 1. The summed E-state index contributed by atoms with van der Waals surface area (Å²) in [6.45, 7) is 1.95. The largest absolute Gasteiger partial charge is 0.471 e. The zero-order valence-electron chi connectivity index (χ0n) is 16.6. The Morgan fingerprint density at radius 3 is 2.76 bits per heavy atom. The Balaban J connectivity index is 1.35. The van der Waals surface area contributed by atoms with Crippen LogP contribution in [0.25, 0.3) is 0 Å². The maximum absolute atomic E-state index is 12.8. The van der Waals surface area contributed by atoms with E-state index >= 15 is 0 Å². The molecule has 2 aromatic heterocycles. The highest BCUT2D eigenvalue weighted by Gasteiger charge is 2.28. The number of hydrogen-bond donors (Lipinski definition) is 0. The van der Waals surface area contributed by atoms with Crippen LogP contribution in [0, 0.1) is 0 Å². The molecule has 0 bridgehead atoms. The van der Waals surface area contributed by atoms with E-state index in [4.69, 9.17) is 4.74 Å². The zero-order chi connectivity index (χ0) is 20.2. The number of rotatable bonds is 6. The molecular formula is C21H24N6O2. The van der Waals surface area contributed by atoms with E-state index in [0.717, 1.165) is 24.3 Å². The van der Waals surface area contributed by atoms with Gasteiger partial charge < -0.3 is 19.1 Å². The fraction of sp³-hybridized carbons (Fsp3) is 0.333. The lowest BCUT2D eigenvalue weighted by atomic mass is 10.1. The second kappa shape index (κ2) is 8.30. The Morgan fingerprint density at radius 1 is 1.21 bits per heavy atom. The van der Waals surface area contributed by atoms with Gasteiger partial charge in [0.1, 0.15) is 6.10 Å². The first kappa shape index (κ1) is 18.9. The van der Waals surface area contributed by atoms with Gasteiger partial charge in [0, 0.05) is 51.6 Å². The standard InChI is InChI=1S/C21H24N6O2/c1-25(2)19-11-23-12-20(24-19)29-18-7-9-27(14-18)21(28)17-5-3-16(4-6-17)13-26-10-8-22-15-26/h3-6,8,10-12,15,18H,7,9,13-14H2,1-2H3/t18-/m1/s1. The molecule has 0 unspecified atom stereocenters. The second-order valence-electron chi connectivity index (χ2n) is 7.32. The minimum Gasteiger partial charge on any atom is -0.471 e. The molecule has 0 spiro atoms. The van der Waals surface area contributed by atoms with Crippen LogP contribution >= 0.6 is 0 Å². The molecule has 1 amide bonds. The quantitative estimate of drug-likeness (QED) is 0.639. The van der Waals surface area contributed by atoms with Crippen LogP contribution in [0.3, 0.4) is 0 Å². The van der Waals surface area contributed by atoms with Crippen LogP contribution < -0.4 is 9.64 Å². The molecule has 150 valence electrons. The van der Waals surface area contributed by atoms with E-state index in [0.29, 0.717) is 24.5 Å². The van der Waals surface area contributed by atoms with E-state index in [1.165, 1.54) is 0 Å².